The number of pyridine rings is 1. The number of aryl methyl sites for hydroxylation is 1. The fourth-order valence-electron chi connectivity index (χ4n) is 8.48. The smallest absolute Gasteiger partial charge is 0.410 e. The van der Waals surface area contributed by atoms with Gasteiger partial charge in [0.1, 0.15) is 17.7 Å². The lowest BCUT2D eigenvalue weighted by Crippen LogP contribution is -2.54. The number of aliphatic hydroxyl groups is 1. The molecule has 2 aromatic heterocycles. The van der Waals surface area contributed by atoms with Crippen LogP contribution in [0.3, 0.4) is 0 Å². The van der Waals surface area contributed by atoms with Crippen LogP contribution in [0.5, 0.6) is 5.75 Å². The summed E-state index contributed by atoms with van der Waals surface area (Å²) in [6, 6.07) is 10.6. The summed E-state index contributed by atoms with van der Waals surface area (Å²) in [6.07, 6.45) is 9.70. The van der Waals surface area contributed by atoms with Gasteiger partial charge < -0.3 is 19.5 Å². The lowest BCUT2D eigenvalue weighted by atomic mass is 9.51. The molecule has 1 saturated heterocycles. The molecular weight excluding hydrogens is 622 g/mol. The minimum Gasteiger partial charge on any atom is -0.496 e. The molecule has 0 unspecified atom stereocenters. The van der Waals surface area contributed by atoms with E-state index in [1.807, 2.05) is 30.9 Å². The number of hydrogen-bond donors (Lipinski definition) is 1. The fraction of sp³-hybridized carbons (Fsp3) is 0.622. The van der Waals surface area contributed by atoms with Crippen molar-refractivity contribution in [1.82, 2.24) is 30.1 Å². The van der Waals surface area contributed by atoms with Gasteiger partial charge in [-0.1, -0.05) is 12.1 Å². The molecule has 2 bridgehead atoms. The largest absolute Gasteiger partial charge is 0.496 e. The Labute approximate surface area is 288 Å². The van der Waals surface area contributed by atoms with Gasteiger partial charge in [-0.15, -0.1) is 10.2 Å². The number of tetrazole rings is 1. The molecule has 1 aromatic carbocycles. The lowest BCUT2D eigenvalue weighted by molar-refractivity contribution is -0.124. The van der Waals surface area contributed by atoms with E-state index in [0.717, 1.165) is 49.8 Å². The number of nitrogens with zero attached hydrogens (tertiary/aromatic N) is 7. The van der Waals surface area contributed by atoms with E-state index in [1.165, 1.54) is 16.0 Å². The first kappa shape index (κ1) is 33.4. The number of carbonyl (C=O) groups excluding carboxylic acids is 2. The molecule has 262 valence electrons. The molecule has 49 heavy (non-hydrogen) atoms. The molecule has 2 amide bonds. The molecule has 0 radical (unpaired) electrons. The summed E-state index contributed by atoms with van der Waals surface area (Å²) >= 11 is 0. The zero-order valence-electron chi connectivity index (χ0n) is 29.2. The standard InChI is InChI=1S/C37H49N7O5/c1-24(2)44-40-33(39-41-44)27-11-18-38-32(20-27)43(34(46)26-5-8-30(9-6-26)49-35(47)42-21-29(45)22-42)23-36-12-15-37(16-13-36,17-14-36)28-7-10-31(48-4)25(3)19-28/h7,10-11,18-20,24,26,29-30,45H,5-6,8-9,12-17,21-23H2,1-4H3. The second-order valence-electron chi connectivity index (χ2n) is 15.2. The number of aromatic nitrogens is 5. The van der Waals surface area contributed by atoms with Gasteiger partial charge in [-0.05, 0) is 130 Å². The number of benzene rings is 1. The lowest BCUT2D eigenvalue weighted by Gasteiger charge is -2.55. The van der Waals surface area contributed by atoms with Gasteiger partial charge in [-0.3, -0.25) is 9.69 Å². The number of amides is 2. The van der Waals surface area contributed by atoms with E-state index >= 15 is 0 Å². The zero-order chi connectivity index (χ0) is 34.3. The topological polar surface area (TPSA) is 136 Å². The van der Waals surface area contributed by atoms with E-state index in [1.54, 1.807) is 18.1 Å². The second kappa shape index (κ2) is 13.3. The van der Waals surface area contributed by atoms with Crippen molar-refractivity contribution in [3.05, 3.63) is 47.7 Å². The zero-order valence-corrected chi connectivity index (χ0v) is 29.2. The Morgan fingerprint density at radius 3 is 2.35 bits per heavy atom. The highest BCUT2D eigenvalue weighted by atomic mass is 16.6. The number of anilines is 1. The molecule has 0 spiro atoms. The van der Waals surface area contributed by atoms with E-state index in [4.69, 9.17) is 14.5 Å². The van der Waals surface area contributed by atoms with E-state index in [2.05, 4.69) is 40.5 Å². The number of rotatable bonds is 9. The first-order valence-corrected chi connectivity index (χ1v) is 17.9. The van der Waals surface area contributed by atoms with E-state index in [9.17, 15) is 14.7 Å². The molecule has 0 atom stereocenters. The number of β-amino-alcohol motifs (C(OH)–C–C–N with tert-alkyl or cyclic N) is 1. The van der Waals surface area contributed by atoms with Crippen molar-refractivity contribution >= 4 is 17.8 Å². The van der Waals surface area contributed by atoms with Gasteiger partial charge >= 0.3 is 6.09 Å². The van der Waals surface area contributed by atoms with Crippen LogP contribution in [-0.2, 0) is 14.9 Å². The minimum absolute atomic E-state index is 0.0180. The summed E-state index contributed by atoms with van der Waals surface area (Å²) < 4.78 is 11.3. The number of ether oxygens (including phenoxy) is 2. The summed E-state index contributed by atoms with van der Waals surface area (Å²) in [5.41, 5.74) is 3.55. The van der Waals surface area contributed by atoms with Crippen molar-refractivity contribution in [2.45, 2.75) is 109 Å². The monoisotopic (exact) mass is 671 g/mol. The Morgan fingerprint density at radius 1 is 1.02 bits per heavy atom. The molecule has 3 heterocycles. The van der Waals surface area contributed by atoms with Gasteiger partial charge in [0.15, 0.2) is 0 Å². The fourth-order valence-corrected chi connectivity index (χ4v) is 8.48. The predicted molar refractivity (Wildman–Crippen MR) is 183 cm³/mol. The average molecular weight is 672 g/mol. The summed E-state index contributed by atoms with van der Waals surface area (Å²) in [6.45, 7) is 7.39. The highest BCUT2D eigenvalue weighted by Crippen LogP contribution is 2.58. The molecule has 5 aliphatic rings. The molecule has 1 aliphatic heterocycles. The van der Waals surface area contributed by atoms with E-state index < -0.39 is 6.10 Å². The normalized spacial score (nSPS) is 26.8. The average Bonchev–Trinajstić information content (AvgIpc) is 3.61. The SMILES string of the molecule is COc1ccc(C23CCC(CN(C(=O)C4CCC(OC(=O)N5CC(O)C5)CC4)c4cc(-c5nnn(C(C)C)n5)ccn4)(CC2)CC3)cc1C. The van der Waals surface area contributed by atoms with Crippen molar-refractivity contribution in [3.8, 4) is 17.1 Å². The van der Waals surface area contributed by atoms with Crippen LogP contribution >= 0.6 is 0 Å². The summed E-state index contributed by atoms with van der Waals surface area (Å²) in [5.74, 6) is 1.96. The first-order valence-electron chi connectivity index (χ1n) is 17.9. The van der Waals surface area contributed by atoms with Crippen molar-refractivity contribution in [3.63, 3.8) is 0 Å². The van der Waals surface area contributed by atoms with Crippen molar-refractivity contribution < 1.29 is 24.2 Å². The third kappa shape index (κ3) is 6.63. The molecule has 1 N–H and O–H groups in total. The molecule has 12 nitrogen and oxygen atoms in total. The molecular formula is C37H49N7O5. The Bertz CT molecular complexity index is 1650. The number of carbonyl (C=O) groups is 2. The molecule has 5 fully saturated rings. The highest BCUT2D eigenvalue weighted by Gasteiger charge is 2.51. The van der Waals surface area contributed by atoms with Crippen LogP contribution in [0.15, 0.2) is 36.5 Å². The van der Waals surface area contributed by atoms with Crippen LogP contribution in [0.1, 0.15) is 95.2 Å². The Kier molecular flexibility index (Phi) is 9.10. The number of hydrogen-bond acceptors (Lipinski definition) is 9. The second-order valence-corrected chi connectivity index (χ2v) is 15.2. The van der Waals surface area contributed by atoms with Gasteiger partial charge in [0.05, 0.1) is 32.3 Å². The Hall–Kier alpha value is -4.06. The van der Waals surface area contributed by atoms with E-state index in [0.29, 0.717) is 57.0 Å². The van der Waals surface area contributed by atoms with Gasteiger partial charge in [0.25, 0.3) is 0 Å². The molecule has 12 heteroatoms. The predicted octanol–water partition coefficient (Wildman–Crippen LogP) is 5.63. The third-order valence-corrected chi connectivity index (χ3v) is 11.8. The van der Waals surface area contributed by atoms with Gasteiger partial charge in [0, 0.05) is 24.2 Å². The van der Waals surface area contributed by atoms with Crippen LogP contribution in [-0.4, -0.2) is 86.2 Å². The van der Waals surface area contributed by atoms with Crippen LogP contribution in [0.2, 0.25) is 0 Å². The number of fused-ring (bicyclic) bond motifs is 3. The maximum Gasteiger partial charge on any atom is 0.410 e. The summed E-state index contributed by atoms with van der Waals surface area (Å²) in [4.78, 5) is 36.9. The maximum absolute atomic E-state index is 14.6. The minimum atomic E-state index is -0.465. The van der Waals surface area contributed by atoms with E-state index in [-0.39, 0.29) is 40.9 Å². The van der Waals surface area contributed by atoms with Crippen molar-refractivity contribution in [1.29, 1.82) is 0 Å². The van der Waals surface area contributed by atoms with Gasteiger partial charge in [0.2, 0.25) is 11.7 Å². The highest BCUT2D eigenvalue weighted by molar-refractivity contribution is 5.94. The van der Waals surface area contributed by atoms with Crippen LogP contribution in [0, 0.1) is 18.3 Å². The van der Waals surface area contributed by atoms with Crippen LogP contribution < -0.4 is 9.64 Å². The summed E-state index contributed by atoms with van der Waals surface area (Å²) in [5, 5.41) is 22.6. The number of likely N-dealkylation sites (tertiary alicyclic amines) is 1. The molecule has 3 aromatic rings. The van der Waals surface area contributed by atoms with Crippen LogP contribution in [0.25, 0.3) is 11.4 Å². The molecule has 4 saturated carbocycles. The summed E-state index contributed by atoms with van der Waals surface area (Å²) in [7, 11) is 1.72. The Balaban J connectivity index is 1.10. The Morgan fingerprint density at radius 2 is 1.73 bits per heavy atom. The van der Waals surface area contributed by atoms with Gasteiger partial charge in [-0.2, -0.15) is 4.80 Å². The van der Waals surface area contributed by atoms with Crippen LogP contribution in [0.4, 0.5) is 10.6 Å². The first-order chi connectivity index (χ1) is 23.6. The van der Waals surface area contributed by atoms with Gasteiger partial charge in [-0.25, -0.2) is 9.78 Å². The quantitative estimate of drug-likeness (QED) is 0.307. The maximum atomic E-state index is 14.6. The van der Waals surface area contributed by atoms with Crippen molar-refractivity contribution in [2.24, 2.45) is 11.3 Å². The molecule has 8 rings (SSSR count). The molecule has 4 aliphatic carbocycles. The third-order valence-electron chi connectivity index (χ3n) is 11.8. The number of aliphatic hydroxyl groups excluding tert-OH is 1. The van der Waals surface area contributed by atoms with Crippen molar-refractivity contribution in [2.75, 3.05) is 31.6 Å². The number of methoxy groups -OCH3 is 1.